The lowest BCUT2D eigenvalue weighted by Crippen LogP contribution is -2.05. The Balaban J connectivity index is 1.73. The summed E-state index contributed by atoms with van der Waals surface area (Å²) in [6.45, 7) is 3.49. The van der Waals surface area contributed by atoms with Crippen molar-refractivity contribution >= 4 is 22.6 Å². The number of hydrogen-bond donors (Lipinski definition) is 2. The van der Waals surface area contributed by atoms with E-state index in [0.29, 0.717) is 0 Å². The average molecular weight is 331 g/mol. The van der Waals surface area contributed by atoms with Crippen LogP contribution in [-0.2, 0) is 4.79 Å². The number of amides is 1. The maximum atomic E-state index is 11.1. The minimum atomic E-state index is -0.0787. The smallest absolute Gasteiger partial charge is 0.221 e. The molecule has 4 rings (SSSR count). The molecule has 124 valence electrons. The number of aromatic amines is 1. The largest absolute Gasteiger partial charge is 0.346 e. The standard InChI is InChI=1S/C19H17N5O/c1-12-17(14-3-5-15(6-4-14)22-13(2)25)11-24(23-12)18-8-10-21-19-16(18)7-9-20-19/h3-11H,1-2H3,(H,20,21)(H,22,25). The van der Waals surface area contributed by atoms with Gasteiger partial charge in [0.15, 0.2) is 0 Å². The maximum Gasteiger partial charge on any atom is 0.221 e. The average Bonchev–Trinajstić information content (AvgIpc) is 3.21. The molecule has 0 radical (unpaired) electrons. The molecule has 6 nitrogen and oxygen atoms in total. The number of H-pyrrole nitrogens is 1. The molecule has 2 N–H and O–H groups in total. The van der Waals surface area contributed by atoms with E-state index in [-0.39, 0.29) is 5.91 Å². The summed E-state index contributed by atoms with van der Waals surface area (Å²) in [5, 5.41) is 8.46. The number of aryl methyl sites for hydroxylation is 1. The second kappa shape index (κ2) is 5.90. The highest BCUT2D eigenvalue weighted by molar-refractivity contribution is 5.89. The van der Waals surface area contributed by atoms with Crippen LogP contribution in [0.3, 0.4) is 0 Å². The number of rotatable bonds is 3. The zero-order valence-electron chi connectivity index (χ0n) is 13.9. The fourth-order valence-corrected chi connectivity index (χ4v) is 2.95. The van der Waals surface area contributed by atoms with Gasteiger partial charge in [0, 0.05) is 42.2 Å². The van der Waals surface area contributed by atoms with Crippen LogP contribution in [0.25, 0.3) is 27.8 Å². The molecule has 0 aliphatic heterocycles. The number of hydrogen-bond acceptors (Lipinski definition) is 3. The summed E-state index contributed by atoms with van der Waals surface area (Å²) in [5.74, 6) is -0.0787. The first-order valence-electron chi connectivity index (χ1n) is 7.98. The maximum absolute atomic E-state index is 11.1. The third-order valence-electron chi connectivity index (χ3n) is 4.10. The van der Waals surface area contributed by atoms with Crippen molar-refractivity contribution in [1.82, 2.24) is 19.7 Å². The molecule has 4 aromatic rings. The molecule has 6 heteroatoms. The number of anilines is 1. The van der Waals surface area contributed by atoms with Crippen LogP contribution in [0.1, 0.15) is 12.6 Å². The van der Waals surface area contributed by atoms with Gasteiger partial charge in [0.05, 0.1) is 11.4 Å². The summed E-state index contributed by atoms with van der Waals surface area (Å²) in [4.78, 5) is 18.6. The van der Waals surface area contributed by atoms with Gasteiger partial charge in [-0.25, -0.2) is 9.67 Å². The first kappa shape index (κ1) is 15.1. The van der Waals surface area contributed by atoms with Crippen LogP contribution in [0.15, 0.2) is 55.0 Å². The summed E-state index contributed by atoms with van der Waals surface area (Å²) < 4.78 is 1.88. The summed E-state index contributed by atoms with van der Waals surface area (Å²) >= 11 is 0. The van der Waals surface area contributed by atoms with E-state index in [9.17, 15) is 4.79 Å². The first-order chi connectivity index (χ1) is 12.1. The van der Waals surface area contributed by atoms with Gasteiger partial charge in [-0.1, -0.05) is 12.1 Å². The zero-order valence-corrected chi connectivity index (χ0v) is 13.9. The summed E-state index contributed by atoms with van der Waals surface area (Å²) in [7, 11) is 0. The number of benzene rings is 1. The Hall–Kier alpha value is -3.41. The van der Waals surface area contributed by atoms with Gasteiger partial charge in [0.25, 0.3) is 0 Å². The predicted octanol–water partition coefficient (Wildman–Crippen LogP) is 3.68. The molecule has 1 aromatic carbocycles. The van der Waals surface area contributed by atoms with Crippen molar-refractivity contribution in [3.8, 4) is 16.8 Å². The highest BCUT2D eigenvalue weighted by Gasteiger charge is 2.11. The number of fused-ring (bicyclic) bond motifs is 1. The molecule has 0 aliphatic carbocycles. The molecule has 1 amide bonds. The Bertz CT molecular complexity index is 1060. The number of nitrogens with one attached hydrogen (secondary N) is 2. The summed E-state index contributed by atoms with van der Waals surface area (Å²) in [6, 6.07) is 11.7. The fourth-order valence-electron chi connectivity index (χ4n) is 2.95. The van der Waals surface area contributed by atoms with E-state index < -0.39 is 0 Å². The van der Waals surface area contributed by atoms with Crippen molar-refractivity contribution in [1.29, 1.82) is 0 Å². The SMILES string of the molecule is CC(=O)Nc1ccc(-c2cn(-c3ccnc4[nH]ccc34)nc2C)cc1. The van der Waals surface area contributed by atoms with Crippen LogP contribution >= 0.6 is 0 Å². The van der Waals surface area contributed by atoms with Crippen LogP contribution in [0.4, 0.5) is 5.69 Å². The minimum Gasteiger partial charge on any atom is -0.346 e. The van der Waals surface area contributed by atoms with Gasteiger partial charge >= 0.3 is 0 Å². The van der Waals surface area contributed by atoms with Gasteiger partial charge in [-0.3, -0.25) is 4.79 Å². The third-order valence-corrected chi connectivity index (χ3v) is 4.10. The fraction of sp³-hybridized carbons (Fsp3) is 0.105. The van der Waals surface area contributed by atoms with Gasteiger partial charge in [-0.2, -0.15) is 5.10 Å². The van der Waals surface area contributed by atoms with E-state index in [4.69, 9.17) is 0 Å². The van der Waals surface area contributed by atoms with Crippen molar-refractivity contribution in [2.45, 2.75) is 13.8 Å². The van der Waals surface area contributed by atoms with Gasteiger partial charge in [-0.15, -0.1) is 0 Å². The third kappa shape index (κ3) is 2.78. The Labute approximate surface area is 144 Å². The molecular formula is C19H17N5O. The molecule has 0 atom stereocenters. The predicted molar refractivity (Wildman–Crippen MR) is 97.7 cm³/mol. The molecule has 0 bridgehead atoms. The van der Waals surface area contributed by atoms with Crippen molar-refractivity contribution < 1.29 is 4.79 Å². The lowest BCUT2D eigenvalue weighted by atomic mass is 10.1. The Morgan fingerprint density at radius 3 is 2.72 bits per heavy atom. The van der Waals surface area contributed by atoms with Gasteiger partial charge < -0.3 is 10.3 Å². The molecule has 0 fully saturated rings. The highest BCUT2D eigenvalue weighted by Crippen LogP contribution is 2.27. The monoisotopic (exact) mass is 331 g/mol. The van der Waals surface area contributed by atoms with E-state index in [0.717, 1.165) is 39.2 Å². The number of nitrogens with zero attached hydrogens (tertiary/aromatic N) is 3. The van der Waals surface area contributed by atoms with Gasteiger partial charge in [0.2, 0.25) is 5.91 Å². The van der Waals surface area contributed by atoms with Crippen LogP contribution in [0, 0.1) is 6.92 Å². The van der Waals surface area contributed by atoms with E-state index in [2.05, 4.69) is 20.4 Å². The second-order valence-electron chi connectivity index (χ2n) is 5.90. The van der Waals surface area contributed by atoms with E-state index >= 15 is 0 Å². The van der Waals surface area contributed by atoms with E-state index in [1.807, 2.05) is 60.4 Å². The summed E-state index contributed by atoms with van der Waals surface area (Å²) in [6.07, 6.45) is 5.66. The molecule has 3 heterocycles. The van der Waals surface area contributed by atoms with Crippen molar-refractivity contribution in [2.24, 2.45) is 0 Å². The molecular weight excluding hydrogens is 314 g/mol. The number of pyridine rings is 1. The minimum absolute atomic E-state index is 0.0787. The second-order valence-corrected chi connectivity index (χ2v) is 5.90. The van der Waals surface area contributed by atoms with Crippen LogP contribution < -0.4 is 5.32 Å². The molecule has 0 aliphatic rings. The van der Waals surface area contributed by atoms with Crippen molar-refractivity contribution in [2.75, 3.05) is 5.32 Å². The highest BCUT2D eigenvalue weighted by atomic mass is 16.1. The molecule has 25 heavy (non-hydrogen) atoms. The van der Waals surface area contributed by atoms with Gasteiger partial charge in [0.1, 0.15) is 5.65 Å². The van der Waals surface area contributed by atoms with Crippen LogP contribution in [-0.4, -0.2) is 25.7 Å². The van der Waals surface area contributed by atoms with E-state index in [1.54, 1.807) is 6.20 Å². The topological polar surface area (TPSA) is 75.6 Å². The molecule has 0 unspecified atom stereocenters. The summed E-state index contributed by atoms with van der Waals surface area (Å²) in [5.41, 5.74) is 5.65. The lowest BCUT2D eigenvalue weighted by molar-refractivity contribution is -0.114. The normalized spacial score (nSPS) is 11.0. The zero-order chi connectivity index (χ0) is 17.4. The molecule has 0 saturated carbocycles. The van der Waals surface area contributed by atoms with Crippen LogP contribution in [0.2, 0.25) is 0 Å². The van der Waals surface area contributed by atoms with Crippen molar-refractivity contribution in [3.05, 3.63) is 60.7 Å². The van der Waals surface area contributed by atoms with Crippen LogP contribution in [0.5, 0.6) is 0 Å². The Morgan fingerprint density at radius 1 is 1.16 bits per heavy atom. The molecule has 3 aromatic heterocycles. The number of aromatic nitrogens is 4. The Morgan fingerprint density at radius 2 is 1.96 bits per heavy atom. The van der Waals surface area contributed by atoms with E-state index in [1.165, 1.54) is 6.92 Å². The Kier molecular flexibility index (Phi) is 3.57. The first-order valence-corrected chi connectivity index (χ1v) is 7.98. The molecule has 0 spiro atoms. The molecule has 0 saturated heterocycles. The van der Waals surface area contributed by atoms with Gasteiger partial charge in [-0.05, 0) is 36.8 Å². The van der Waals surface area contributed by atoms with Crippen molar-refractivity contribution in [3.63, 3.8) is 0 Å². The lowest BCUT2D eigenvalue weighted by Gasteiger charge is -2.04. The quantitative estimate of drug-likeness (QED) is 0.601. The number of carbonyl (C=O) groups is 1. The number of carbonyl (C=O) groups excluding carboxylic acids is 1.